The van der Waals surface area contributed by atoms with Crippen LogP contribution in [0.25, 0.3) is 105 Å². The summed E-state index contributed by atoms with van der Waals surface area (Å²) in [6, 6.07) is 88.5. The highest BCUT2D eigenvalue weighted by atomic mass is 16.5. The Labute approximate surface area is 535 Å². The lowest BCUT2D eigenvalue weighted by atomic mass is 9.64. The highest BCUT2D eigenvalue weighted by molar-refractivity contribution is 6.20. The van der Waals surface area contributed by atoms with Crippen LogP contribution in [0.5, 0.6) is 5.75 Å². The van der Waals surface area contributed by atoms with E-state index < -0.39 is 5.41 Å². The summed E-state index contributed by atoms with van der Waals surface area (Å²) in [7, 11) is 0. The van der Waals surface area contributed by atoms with Crippen LogP contribution in [0.2, 0.25) is 0 Å². The number of rotatable bonds is 5. The molecule has 4 nitrogen and oxygen atoms in total. The summed E-state index contributed by atoms with van der Waals surface area (Å²) >= 11 is 0. The number of fused-ring (bicyclic) bond motifs is 25. The molecule has 0 amide bonds. The van der Waals surface area contributed by atoms with Gasteiger partial charge < -0.3 is 18.5 Å². The molecule has 0 saturated carbocycles. The Morgan fingerprint density at radius 2 is 0.891 bits per heavy atom. The van der Waals surface area contributed by atoms with Crippen LogP contribution in [-0.2, 0) is 21.7 Å². The first-order valence-corrected chi connectivity index (χ1v) is 32.8. The topological polar surface area (TPSA) is 38.8 Å². The molecule has 14 aromatic rings. The fraction of sp³-hybridized carbons (Fsp3) is 0.159. The Balaban J connectivity index is 0.813. The number of benzene rings is 12. The molecule has 2 atom stereocenters. The van der Waals surface area contributed by atoms with E-state index in [9.17, 15) is 0 Å². The van der Waals surface area contributed by atoms with Crippen LogP contribution in [-0.4, -0.2) is 0 Å². The second-order valence-corrected chi connectivity index (χ2v) is 29.0. The van der Waals surface area contributed by atoms with Gasteiger partial charge in [-0.05, 0) is 173 Å². The van der Waals surface area contributed by atoms with Gasteiger partial charge in [0.15, 0.2) is 0 Å². The zero-order valence-corrected chi connectivity index (χ0v) is 52.8. The average Bonchev–Trinajstić information content (AvgIpc) is 1.52. The molecule has 12 aromatic carbocycles. The lowest BCUT2D eigenvalue weighted by Crippen LogP contribution is -2.29. The van der Waals surface area contributed by atoms with E-state index in [2.05, 4.69) is 297 Å². The molecule has 2 unspecified atom stereocenters. The van der Waals surface area contributed by atoms with Gasteiger partial charge in [-0.3, -0.25) is 0 Å². The van der Waals surface area contributed by atoms with E-state index >= 15 is 0 Å². The summed E-state index contributed by atoms with van der Waals surface area (Å²) in [6.07, 6.45) is 0. The number of nitrogens with zero attached hydrogens (tertiary/aromatic N) is 1. The van der Waals surface area contributed by atoms with Crippen molar-refractivity contribution >= 4 is 77.3 Å². The molecule has 0 saturated heterocycles. The highest BCUT2D eigenvalue weighted by Crippen LogP contribution is 2.70. The molecule has 0 N–H and O–H groups in total. The minimum Gasteiger partial charge on any atom is -0.460 e. The monoisotopic (exact) mass is 1180 g/mol. The molecule has 6 aliphatic rings. The van der Waals surface area contributed by atoms with Crippen molar-refractivity contribution in [1.29, 1.82) is 0 Å². The Kier molecular flexibility index (Phi) is 10.1. The first-order valence-electron chi connectivity index (χ1n) is 32.8. The predicted molar refractivity (Wildman–Crippen MR) is 378 cm³/mol. The van der Waals surface area contributed by atoms with Gasteiger partial charge in [-0.15, -0.1) is 0 Å². The standard InChI is InChI=1S/C88H65NO3/c1-85(2)65-43-52(36-39-56(65)73-68(85)46-62(49-23-10-9-11-24-49)82-76(73)59-27-15-19-31-70(59)90-82)89(54-38-41-58-67(45-54)88(7,8)80-75(58)78-61-29-17-21-33-72(61)92-84(78)79-55-26-14-18-30-64(55)87(5,6)81(79)80)53-37-40-57-66(44-53)86(3,4)69-47-63(51-35-34-48-22-12-13-25-50(48)42-51)83-77(74(57)69)60-28-16-20-32-71(60)91-83/h9-47,75,78H,1-8H3. The summed E-state index contributed by atoms with van der Waals surface area (Å²) in [4.78, 5) is 2.58. The molecule has 3 heterocycles. The molecule has 1 aliphatic heterocycles. The van der Waals surface area contributed by atoms with Crippen molar-refractivity contribution in [3.8, 4) is 50.3 Å². The summed E-state index contributed by atoms with van der Waals surface area (Å²) in [5, 5.41) is 7.07. The first-order chi connectivity index (χ1) is 44.7. The van der Waals surface area contributed by atoms with Gasteiger partial charge in [0.2, 0.25) is 0 Å². The van der Waals surface area contributed by atoms with E-state index in [0.717, 1.165) is 83.9 Å². The Morgan fingerprint density at radius 3 is 1.55 bits per heavy atom. The molecule has 0 fully saturated rings. The normalized spacial score (nSPS) is 18.3. The zero-order valence-electron chi connectivity index (χ0n) is 52.8. The van der Waals surface area contributed by atoms with Crippen molar-refractivity contribution in [2.45, 2.75) is 88.9 Å². The van der Waals surface area contributed by atoms with Crippen LogP contribution in [0.15, 0.2) is 262 Å². The van der Waals surface area contributed by atoms with Gasteiger partial charge in [0.05, 0.1) is 5.92 Å². The molecule has 92 heavy (non-hydrogen) atoms. The highest BCUT2D eigenvalue weighted by Gasteiger charge is 2.58. The number of para-hydroxylation sites is 3. The molecule has 5 aliphatic carbocycles. The van der Waals surface area contributed by atoms with Crippen LogP contribution in [0.1, 0.15) is 117 Å². The molecule has 2 aromatic heterocycles. The third kappa shape index (κ3) is 6.61. The van der Waals surface area contributed by atoms with Gasteiger partial charge in [0.25, 0.3) is 0 Å². The molecule has 440 valence electrons. The Bertz CT molecular complexity index is 5750. The van der Waals surface area contributed by atoms with Crippen molar-refractivity contribution in [1.82, 2.24) is 0 Å². The van der Waals surface area contributed by atoms with Crippen molar-refractivity contribution in [2.24, 2.45) is 0 Å². The number of ether oxygens (including phenoxy) is 1. The number of furan rings is 2. The van der Waals surface area contributed by atoms with E-state index in [1.165, 1.54) is 111 Å². The Hall–Kier alpha value is -10.4. The Morgan fingerprint density at radius 1 is 0.348 bits per heavy atom. The van der Waals surface area contributed by atoms with Gasteiger partial charge in [0, 0.05) is 88.4 Å². The minimum atomic E-state index is -0.390. The molecular weight excluding hydrogens is 1120 g/mol. The summed E-state index contributed by atoms with van der Waals surface area (Å²) in [5.41, 5.74) is 31.4. The molecular formula is C88H65NO3. The van der Waals surface area contributed by atoms with Gasteiger partial charge in [0.1, 0.15) is 33.8 Å². The number of anilines is 3. The predicted octanol–water partition coefficient (Wildman–Crippen LogP) is 23.6. The second kappa shape index (κ2) is 17.7. The molecule has 0 spiro atoms. The van der Waals surface area contributed by atoms with E-state index in [-0.39, 0.29) is 28.1 Å². The van der Waals surface area contributed by atoms with Gasteiger partial charge in [-0.1, -0.05) is 219 Å². The summed E-state index contributed by atoms with van der Waals surface area (Å²) in [5.74, 6) is 2.23. The molecule has 4 heteroatoms. The van der Waals surface area contributed by atoms with Crippen LogP contribution < -0.4 is 9.64 Å². The molecule has 20 rings (SSSR count). The van der Waals surface area contributed by atoms with E-state index in [0.29, 0.717) is 0 Å². The van der Waals surface area contributed by atoms with Gasteiger partial charge in [-0.25, -0.2) is 0 Å². The molecule has 0 bridgehead atoms. The second-order valence-electron chi connectivity index (χ2n) is 29.0. The number of hydrogen-bond acceptors (Lipinski definition) is 4. The molecule has 0 radical (unpaired) electrons. The van der Waals surface area contributed by atoms with Crippen LogP contribution in [0.4, 0.5) is 17.1 Å². The van der Waals surface area contributed by atoms with Gasteiger partial charge in [-0.2, -0.15) is 0 Å². The van der Waals surface area contributed by atoms with Crippen molar-refractivity contribution in [3.05, 3.63) is 304 Å². The quantitative estimate of drug-likeness (QED) is 0.172. The van der Waals surface area contributed by atoms with Crippen molar-refractivity contribution in [3.63, 3.8) is 0 Å². The van der Waals surface area contributed by atoms with Gasteiger partial charge >= 0.3 is 0 Å². The third-order valence-corrected chi connectivity index (χ3v) is 22.8. The smallest absolute Gasteiger partial charge is 0.143 e. The van der Waals surface area contributed by atoms with Crippen molar-refractivity contribution in [2.75, 3.05) is 4.90 Å². The lowest BCUT2D eigenvalue weighted by Gasteiger charge is -2.38. The lowest BCUT2D eigenvalue weighted by molar-refractivity contribution is 0.409. The SMILES string of the molecule is CC1(C)C2=C3C(c4ccc(N(c5ccc6c(c5)C(C)(C)c5cc(-c7ccccc7)c7oc8ccccc8c7c5-6)c5ccc6c(c5)C(C)(C)c5cc(-c7ccc8ccccc8c7)c7oc8ccccc8c7c5-6)cc4C3(C)C)C3C(=C2c2ccccc21)Oc1ccccc13. The first kappa shape index (κ1) is 52.4. The number of allylic oxidation sites excluding steroid dienone is 4. The van der Waals surface area contributed by atoms with Crippen LogP contribution in [0, 0.1) is 0 Å². The maximum Gasteiger partial charge on any atom is 0.143 e. The fourth-order valence-electron chi connectivity index (χ4n) is 18.5. The van der Waals surface area contributed by atoms with Crippen LogP contribution >= 0.6 is 0 Å². The van der Waals surface area contributed by atoms with Crippen LogP contribution in [0.3, 0.4) is 0 Å². The largest absolute Gasteiger partial charge is 0.460 e. The summed E-state index contributed by atoms with van der Waals surface area (Å²) < 4.78 is 21.2. The van der Waals surface area contributed by atoms with Crippen molar-refractivity contribution < 1.29 is 13.6 Å². The minimum absolute atomic E-state index is 0.0484. The van der Waals surface area contributed by atoms with E-state index in [4.69, 9.17) is 13.6 Å². The number of hydrogen-bond donors (Lipinski definition) is 0. The van der Waals surface area contributed by atoms with E-state index in [1.807, 2.05) is 0 Å². The van der Waals surface area contributed by atoms with E-state index in [1.54, 1.807) is 0 Å². The summed E-state index contributed by atoms with van der Waals surface area (Å²) in [6.45, 7) is 19.6. The maximum absolute atomic E-state index is 7.18. The fourth-order valence-corrected chi connectivity index (χ4v) is 18.5. The zero-order chi connectivity index (χ0) is 61.6. The maximum atomic E-state index is 7.18. The third-order valence-electron chi connectivity index (χ3n) is 22.8. The average molecular weight is 1180 g/mol.